The SMILES string of the molecule is CCOC(Cc1cccs1)C(=O)O. The molecule has 0 fully saturated rings. The van der Waals surface area contributed by atoms with Crippen LogP contribution in [-0.4, -0.2) is 23.8 Å². The molecule has 0 aliphatic carbocycles. The number of hydrogen-bond acceptors (Lipinski definition) is 3. The van der Waals surface area contributed by atoms with E-state index in [9.17, 15) is 4.79 Å². The second kappa shape index (κ2) is 4.99. The maximum atomic E-state index is 10.7. The summed E-state index contributed by atoms with van der Waals surface area (Å²) in [5.74, 6) is -0.893. The van der Waals surface area contributed by atoms with Crippen LogP contribution >= 0.6 is 11.3 Å². The molecule has 0 amide bonds. The van der Waals surface area contributed by atoms with Crippen LogP contribution in [0.1, 0.15) is 11.8 Å². The van der Waals surface area contributed by atoms with E-state index in [4.69, 9.17) is 9.84 Å². The predicted molar refractivity (Wildman–Crippen MR) is 51.1 cm³/mol. The van der Waals surface area contributed by atoms with Crippen LogP contribution in [0.3, 0.4) is 0 Å². The third-order valence-corrected chi connectivity index (χ3v) is 2.51. The van der Waals surface area contributed by atoms with Crippen LogP contribution in [0.15, 0.2) is 17.5 Å². The molecule has 0 aromatic carbocycles. The van der Waals surface area contributed by atoms with Gasteiger partial charge in [-0.25, -0.2) is 4.79 Å². The summed E-state index contributed by atoms with van der Waals surface area (Å²) in [6.45, 7) is 2.23. The van der Waals surface area contributed by atoms with E-state index in [0.29, 0.717) is 13.0 Å². The van der Waals surface area contributed by atoms with Crippen LogP contribution in [0.2, 0.25) is 0 Å². The van der Waals surface area contributed by atoms with Crippen molar-refractivity contribution in [3.63, 3.8) is 0 Å². The fourth-order valence-corrected chi connectivity index (χ4v) is 1.77. The quantitative estimate of drug-likeness (QED) is 0.788. The van der Waals surface area contributed by atoms with Crippen LogP contribution < -0.4 is 0 Å². The normalized spacial score (nSPS) is 12.7. The lowest BCUT2D eigenvalue weighted by atomic mass is 10.2. The molecular weight excluding hydrogens is 188 g/mol. The van der Waals surface area contributed by atoms with Crippen LogP contribution in [0.4, 0.5) is 0 Å². The lowest BCUT2D eigenvalue weighted by molar-refractivity contribution is -0.149. The van der Waals surface area contributed by atoms with Gasteiger partial charge in [-0.15, -0.1) is 11.3 Å². The van der Waals surface area contributed by atoms with Gasteiger partial charge in [-0.1, -0.05) is 6.07 Å². The summed E-state index contributed by atoms with van der Waals surface area (Å²) in [6.07, 6.45) is -0.246. The number of hydrogen-bond donors (Lipinski definition) is 1. The summed E-state index contributed by atoms with van der Waals surface area (Å²) < 4.78 is 5.08. The van der Waals surface area contributed by atoms with Crippen molar-refractivity contribution in [2.24, 2.45) is 0 Å². The van der Waals surface area contributed by atoms with Gasteiger partial charge in [0.1, 0.15) is 0 Å². The van der Waals surface area contributed by atoms with Crippen molar-refractivity contribution >= 4 is 17.3 Å². The zero-order valence-corrected chi connectivity index (χ0v) is 8.21. The summed E-state index contributed by atoms with van der Waals surface area (Å²) in [6, 6.07) is 3.82. The fourth-order valence-electron chi connectivity index (χ4n) is 1.03. The van der Waals surface area contributed by atoms with Gasteiger partial charge >= 0.3 is 5.97 Å². The third-order valence-electron chi connectivity index (χ3n) is 1.61. The topological polar surface area (TPSA) is 46.5 Å². The van der Waals surface area contributed by atoms with Gasteiger partial charge < -0.3 is 9.84 Å². The molecule has 0 saturated heterocycles. The summed E-state index contributed by atoms with van der Waals surface area (Å²) in [5, 5.41) is 10.7. The molecule has 0 bridgehead atoms. The van der Waals surface area contributed by atoms with Crippen molar-refractivity contribution in [1.82, 2.24) is 0 Å². The maximum Gasteiger partial charge on any atom is 0.333 e. The van der Waals surface area contributed by atoms with E-state index < -0.39 is 12.1 Å². The molecule has 13 heavy (non-hydrogen) atoms. The van der Waals surface area contributed by atoms with E-state index >= 15 is 0 Å². The highest BCUT2D eigenvalue weighted by Gasteiger charge is 2.17. The fraction of sp³-hybridized carbons (Fsp3) is 0.444. The van der Waals surface area contributed by atoms with Crippen LogP contribution in [0.25, 0.3) is 0 Å². The Bertz CT molecular complexity index is 256. The number of aliphatic carboxylic acids is 1. The van der Waals surface area contributed by atoms with Gasteiger partial charge in [-0.05, 0) is 18.4 Å². The standard InChI is InChI=1S/C9H12O3S/c1-2-12-8(9(10)11)6-7-4-3-5-13-7/h3-5,8H,2,6H2,1H3,(H,10,11). The van der Waals surface area contributed by atoms with Crippen molar-refractivity contribution < 1.29 is 14.6 Å². The van der Waals surface area contributed by atoms with Gasteiger partial charge in [-0.2, -0.15) is 0 Å². The minimum absolute atomic E-state index is 0.433. The highest BCUT2D eigenvalue weighted by Crippen LogP contribution is 2.12. The molecule has 72 valence electrons. The average Bonchev–Trinajstić information content (AvgIpc) is 2.56. The highest BCUT2D eigenvalue weighted by molar-refractivity contribution is 7.09. The Morgan fingerprint density at radius 2 is 2.54 bits per heavy atom. The van der Waals surface area contributed by atoms with Crippen LogP contribution in [-0.2, 0) is 16.0 Å². The maximum absolute atomic E-state index is 10.7. The minimum atomic E-state index is -0.893. The largest absolute Gasteiger partial charge is 0.479 e. The van der Waals surface area contributed by atoms with Gasteiger partial charge in [0.25, 0.3) is 0 Å². The first-order chi connectivity index (χ1) is 6.24. The molecule has 1 N–H and O–H groups in total. The van der Waals surface area contributed by atoms with E-state index in [-0.39, 0.29) is 0 Å². The zero-order chi connectivity index (χ0) is 9.68. The molecule has 3 nitrogen and oxygen atoms in total. The summed E-state index contributed by atoms with van der Waals surface area (Å²) in [4.78, 5) is 11.7. The van der Waals surface area contributed by atoms with E-state index in [1.807, 2.05) is 17.5 Å². The lowest BCUT2D eigenvalue weighted by Gasteiger charge is -2.10. The number of rotatable bonds is 5. The summed E-state index contributed by atoms with van der Waals surface area (Å²) >= 11 is 1.55. The van der Waals surface area contributed by atoms with E-state index in [1.165, 1.54) is 0 Å². The smallest absolute Gasteiger partial charge is 0.333 e. The number of carboxylic acids is 1. The number of carboxylic acid groups (broad SMARTS) is 1. The van der Waals surface area contributed by atoms with Crippen molar-refractivity contribution in [1.29, 1.82) is 0 Å². The molecule has 1 aromatic heterocycles. The van der Waals surface area contributed by atoms with E-state index in [0.717, 1.165) is 4.88 Å². The number of thiophene rings is 1. The Balaban J connectivity index is 2.52. The Hall–Kier alpha value is -0.870. The zero-order valence-electron chi connectivity index (χ0n) is 7.40. The molecular formula is C9H12O3S. The molecule has 0 spiro atoms. The van der Waals surface area contributed by atoms with Crippen molar-refractivity contribution in [3.05, 3.63) is 22.4 Å². The van der Waals surface area contributed by atoms with Crippen LogP contribution in [0.5, 0.6) is 0 Å². The summed E-state index contributed by atoms with van der Waals surface area (Å²) in [5.41, 5.74) is 0. The average molecular weight is 200 g/mol. The van der Waals surface area contributed by atoms with E-state index in [1.54, 1.807) is 18.3 Å². The second-order valence-electron chi connectivity index (χ2n) is 2.57. The third kappa shape index (κ3) is 3.16. The minimum Gasteiger partial charge on any atom is -0.479 e. The first-order valence-corrected chi connectivity index (χ1v) is 4.98. The molecule has 1 aromatic rings. The number of ether oxygens (including phenoxy) is 1. The monoisotopic (exact) mass is 200 g/mol. The van der Waals surface area contributed by atoms with Crippen molar-refractivity contribution in [2.75, 3.05) is 6.61 Å². The van der Waals surface area contributed by atoms with E-state index in [2.05, 4.69) is 0 Å². The second-order valence-corrected chi connectivity index (χ2v) is 3.60. The molecule has 0 saturated carbocycles. The van der Waals surface area contributed by atoms with Gasteiger partial charge in [0, 0.05) is 17.9 Å². The molecule has 1 rings (SSSR count). The van der Waals surface area contributed by atoms with Gasteiger partial charge in [0.2, 0.25) is 0 Å². The molecule has 1 atom stereocenters. The molecule has 1 unspecified atom stereocenters. The molecule has 0 aliphatic rings. The van der Waals surface area contributed by atoms with Gasteiger partial charge in [-0.3, -0.25) is 0 Å². The van der Waals surface area contributed by atoms with Crippen LogP contribution in [0, 0.1) is 0 Å². The Morgan fingerprint density at radius 3 is 3.00 bits per heavy atom. The Labute approximate surface area is 81.0 Å². The highest BCUT2D eigenvalue weighted by atomic mass is 32.1. The van der Waals surface area contributed by atoms with Gasteiger partial charge in [0.05, 0.1) is 0 Å². The molecule has 0 aliphatic heterocycles. The summed E-state index contributed by atoms with van der Waals surface area (Å²) in [7, 11) is 0. The van der Waals surface area contributed by atoms with Crippen molar-refractivity contribution in [3.8, 4) is 0 Å². The van der Waals surface area contributed by atoms with Gasteiger partial charge in [0.15, 0.2) is 6.10 Å². The van der Waals surface area contributed by atoms with Crippen molar-refractivity contribution in [2.45, 2.75) is 19.4 Å². The molecule has 0 radical (unpaired) electrons. The first-order valence-electron chi connectivity index (χ1n) is 4.10. The predicted octanol–water partition coefficient (Wildman–Crippen LogP) is 1.78. The lowest BCUT2D eigenvalue weighted by Crippen LogP contribution is -2.25. The Morgan fingerprint density at radius 1 is 1.77 bits per heavy atom. The molecule has 4 heteroatoms. The Kier molecular flexibility index (Phi) is 3.92. The number of carbonyl (C=O) groups is 1. The molecule has 1 heterocycles. The first kappa shape index (κ1) is 10.2.